The molecule has 0 saturated heterocycles. The number of rotatable bonds is 7. The van der Waals surface area contributed by atoms with E-state index < -0.39 is 10.0 Å². The highest BCUT2D eigenvalue weighted by Crippen LogP contribution is 2.21. The van der Waals surface area contributed by atoms with Crippen LogP contribution in [0.1, 0.15) is 18.7 Å². The van der Waals surface area contributed by atoms with Gasteiger partial charge < -0.3 is 5.32 Å². The van der Waals surface area contributed by atoms with Gasteiger partial charge in [-0.2, -0.15) is 4.31 Å². The number of benzene rings is 1. The van der Waals surface area contributed by atoms with Gasteiger partial charge in [0.25, 0.3) is 0 Å². The van der Waals surface area contributed by atoms with Crippen molar-refractivity contribution in [3.05, 3.63) is 39.8 Å². The van der Waals surface area contributed by atoms with E-state index in [2.05, 4.69) is 10.3 Å². The minimum atomic E-state index is -3.40. The van der Waals surface area contributed by atoms with Gasteiger partial charge in [0, 0.05) is 29.9 Å². The van der Waals surface area contributed by atoms with Crippen molar-refractivity contribution in [3.63, 3.8) is 0 Å². The first-order chi connectivity index (χ1) is 10.5. The smallest absolute Gasteiger partial charge is 0.243 e. The summed E-state index contributed by atoms with van der Waals surface area (Å²) in [5.74, 6) is 0. The number of nitrogens with zero attached hydrogens (tertiary/aromatic N) is 2. The highest BCUT2D eigenvalue weighted by atomic mass is 35.5. The molecule has 1 aromatic carbocycles. The Morgan fingerprint density at radius 3 is 2.36 bits per heavy atom. The Labute approximate surface area is 140 Å². The number of hydrogen-bond donors (Lipinski definition) is 1. The molecule has 0 aliphatic heterocycles. The standard InChI is InChI=1S/C14H18ClN3O2S2/c1-3-18(4-2)22(19,20)13-7-5-11(6-8-13)16-9-12-10-17-14(15)21-12/h5-8,10,16H,3-4,9H2,1-2H3. The van der Waals surface area contributed by atoms with Gasteiger partial charge in [-0.15, -0.1) is 11.3 Å². The second-order valence-electron chi connectivity index (χ2n) is 4.55. The Morgan fingerprint density at radius 2 is 1.86 bits per heavy atom. The molecule has 5 nitrogen and oxygen atoms in total. The Balaban J connectivity index is 2.07. The number of anilines is 1. The van der Waals surface area contributed by atoms with Crippen molar-refractivity contribution in [1.29, 1.82) is 0 Å². The fourth-order valence-corrected chi connectivity index (χ4v) is 4.39. The summed E-state index contributed by atoms with van der Waals surface area (Å²) >= 11 is 7.19. The quantitative estimate of drug-likeness (QED) is 0.822. The molecule has 2 rings (SSSR count). The van der Waals surface area contributed by atoms with Crippen LogP contribution in [0.5, 0.6) is 0 Å². The Bertz CT molecular complexity index is 710. The average molecular weight is 360 g/mol. The van der Waals surface area contributed by atoms with Gasteiger partial charge in [-0.1, -0.05) is 25.4 Å². The molecule has 0 aliphatic carbocycles. The molecule has 120 valence electrons. The number of sulfonamides is 1. The summed E-state index contributed by atoms with van der Waals surface area (Å²) in [4.78, 5) is 5.30. The van der Waals surface area contributed by atoms with Crippen LogP contribution in [-0.2, 0) is 16.6 Å². The maximum atomic E-state index is 12.4. The predicted octanol–water partition coefficient (Wildman–Crippen LogP) is 3.44. The lowest BCUT2D eigenvalue weighted by Gasteiger charge is -2.18. The second-order valence-corrected chi connectivity index (χ2v) is 8.18. The Hall–Kier alpha value is -1.15. The van der Waals surface area contributed by atoms with Crippen LogP contribution in [0.3, 0.4) is 0 Å². The first-order valence-corrected chi connectivity index (χ1v) is 9.55. The first kappa shape index (κ1) is 17.2. The van der Waals surface area contributed by atoms with E-state index in [1.807, 2.05) is 13.8 Å². The summed E-state index contributed by atoms with van der Waals surface area (Å²) in [6.07, 6.45) is 1.72. The Kier molecular flexibility index (Phi) is 5.80. The predicted molar refractivity (Wildman–Crippen MR) is 91.0 cm³/mol. The van der Waals surface area contributed by atoms with Crippen molar-refractivity contribution in [3.8, 4) is 0 Å². The molecular formula is C14H18ClN3O2S2. The molecule has 1 heterocycles. The van der Waals surface area contributed by atoms with Gasteiger partial charge in [0.05, 0.1) is 11.4 Å². The molecule has 8 heteroatoms. The summed E-state index contributed by atoms with van der Waals surface area (Å²) in [5, 5.41) is 3.21. The minimum Gasteiger partial charge on any atom is -0.380 e. The fraction of sp³-hybridized carbons (Fsp3) is 0.357. The third-order valence-electron chi connectivity index (χ3n) is 3.19. The van der Waals surface area contributed by atoms with E-state index >= 15 is 0 Å². The topological polar surface area (TPSA) is 62.3 Å². The molecule has 2 aromatic rings. The Morgan fingerprint density at radius 1 is 1.23 bits per heavy atom. The normalized spacial score (nSPS) is 11.8. The van der Waals surface area contributed by atoms with Crippen LogP contribution in [-0.4, -0.2) is 30.8 Å². The monoisotopic (exact) mass is 359 g/mol. The lowest BCUT2D eigenvalue weighted by atomic mass is 10.3. The van der Waals surface area contributed by atoms with Crippen LogP contribution in [0.4, 0.5) is 5.69 Å². The molecule has 22 heavy (non-hydrogen) atoms. The van der Waals surface area contributed by atoms with E-state index in [0.717, 1.165) is 10.6 Å². The summed E-state index contributed by atoms with van der Waals surface area (Å²) in [7, 11) is -3.40. The molecule has 1 N–H and O–H groups in total. The summed E-state index contributed by atoms with van der Waals surface area (Å²) in [6.45, 7) is 5.19. The maximum absolute atomic E-state index is 12.4. The molecule has 0 unspecified atom stereocenters. The molecule has 0 aliphatic rings. The van der Waals surface area contributed by atoms with E-state index in [4.69, 9.17) is 11.6 Å². The molecule has 0 spiro atoms. The van der Waals surface area contributed by atoms with Gasteiger partial charge in [-0.3, -0.25) is 0 Å². The zero-order valence-corrected chi connectivity index (χ0v) is 14.8. The van der Waals surface area contributed by atoms with Crippen LogP contribution in [0.25, 0.3) is 0 Å². The van der Waals surface area contributed by atoms with Gasteiger partial charge in [0.1, 0.15) is 0 Å². The van der Waals surface area contributed by atoms with E-state index in [1.165, 1.54) is 15.6 Å². The molecule has 0 radical (unpaired) electrons. The highest BCUT2D eigenvalue weighted by molar-refractivity contribution is 7.89. The molecule has 0 amide bonds. The third-order valence-corrected chi connectivity index (χ3v) is 6.37. The van der Waals surface area contributed by atoms with Gasteiger partial charge >= 0.3 is 0 Å². The average Bonchev–Trinajstić information content (AvgIpc) is 2.92. The zero-order chi connectivity index (χ0) is 16.2. The zero-order valence-electron chi connectivity index (χ0n) is 12.4. The van der Waals surface area contributed by atoms with Crippen LogP contribution in [0, 0.1) is 0 Å². The van der Waals surface area contributed by atoms with Gasteiger partial charge in [0.15, 0.2) is 4.47 Å². The number of thiazole rings is 1. The number of halogens is 1. The highest BCUT2D eigenvalue weighted by Gasteiger charge is 2.21. The maximum Gasteiger partial charge on any atom is 0.243 e. The number of aromatic nitrogens is 1. The molecule has 0 fully saturated rings. The molecule has 0 saturated carbocycles. The number of nitrogens with one attached hydrogen (secondary N) is 1. The fourth-order valence-electron chi connectivity index (χ4n) is 2.01. The van der Waals surface area contributed by atoms with E-state index in [9.17, 15) is 8.42 Å². The summed E-state index contributed by atoms with van der Waals surface area (Å²) < 4.78 is 26.7. The van der Waals surface area contributed by atoms with Gasteiger partial charge in [-0.05, 0) is 24.3 Å². The first-order valence-electron chi connectivity index (χ1n) is 6.91. The largest absolute Gasteiger partial charge is 0.380 e. The van der Waals surface area contributed by atoms with Crippen LogP contribution >= 0.6 is 22.9 Å². The van der Waals surface area contributed by atoms with E-state index in [-0.39, 0.29) is 0 Å². The minimum absolute atomic E-state index is 0.308. The molecule has 1 aromatic heterocycles. The van der Waals surface area contributed by atoms with Gasteiger partial charge in [0.2, 0.25) is 10.0 Å². The molecular weight excluding hydrogens is 342 g/mol. The van der Waals surface area contributed by atoms with Crippen LogP contribution < -0.4 is 5.32 Å². The van der Waals surface area contributed by atoms with Crippen molar-refractivity contribution in [2.75, 3.05) is 18.4 Å². The van der Waals surface area contributed by atoms with Crippen molar-refractivity contribution in [2.45, 2.75) is 25.3 Å². The lowest BCUT2D eigenvalue weighted by molar-refractivity contribution is 0.445. The van der Waals surface area contributed by atoms with E-state index in [1.54, 1.807) is 30.5 Å². The third kappa shape index (κ3) is 3.98. The lowest BCUT2D eigenvalue weighted by Crippen LogP contribution is -2.30. The van der Waals surface area contributed by atoms with Crippen LogP contribution in [0.15, 0.2) is 35.4 Å². The van der Waals surface area contributed by atoms with Crippen molar-refractivity contribution >= 4 is 38.6 Å². The van der Waals surface area contributed by atoms with Crippen molar-refractivity contribution in [2.24, 2.45) is 0 Å². The van der Waals surface area contributed by atoms with Gasteiger partial charge in [-0.25, -0.2) is 13.4 Å². The van der Waals surface area contributed by atoms with Crippen LogP contribution in [0.2, 0.25) is 4.47 Å². The second kappa shape index (κ2) is 7.41. The summed E-state index contributed by atoms with van der Waals surface area (Å²) in [6, 6.07) is 6.77. The van der Waals surface area contributed by atoms with Crippen molar-refractivity contribution in [1.82, 2.24) is 9.29 Å². The number of hydrogen-bond acceptors (Lipinski definition) is 5. The SMILES string of the molecule is CCN(CC)S(=O)(=O)c1ccc(NCc2cnc(Cl)s2)cc1. The van der Waals surface area contributed by atoms with E-state index in [0.29, 0.717) is 29.0 Å². The van der Waals surface area contributed by atoms with Crippen molar-refractivity contribution < 1.29 is 8.42 Å². The summed E-state index contributed by atoms with van der Waals surface area (Å²) in [5.41, 5.74) is 0.850. The molecule has 0 bridgehead atoms. The molecule has 0 atom stereocenters.